The molecule has 4 nitrogen and oxygen atoms in total. The monoisotopic (exact) mass is 345 g/mol. The molecule has 0 saturated heterocycles. The molecule has 1 saturated carbocycles. The number of carbonyl (C=O) groups is 2. The quantitative estimate of drug-likeness (QED) is 0.602. The summed E-state index contributed by atoms with van der Waals surface area (Å²) in [5, 5.41) is 0. The molecule has 0 spiro atoms. The molecule has 1 unspecified atom stereocenters. The fourth-order valence-electron chi connectivity index (χ4n) is 4.60. The summed E-state index contributed by atoms with van der Waals surface area (Å²) < 4.78 is 5.50. The number of thiocarbonyl (C=S) groups is 1. The van der Waals surface area contributed by atoms with Gasteiger partial charge in [0.15, 0.2) is 6.73 Å². The van der Waals surface area contributed by atoms with E-state index in [1.807, 2.05) is 12.1 Å². The first kappa shape index (κ1) is 17.1. The Bertz CT molecular complexity index is 686. The van der Waals surface area contributed by atoms with Crippen molar-refractivity contribution in [1.82, 2.24) is 4.90 Å². The molecule has 24 heavy (non-hydrogen) atoms. The lowest BCUT2D eigenvalue weighted by molar-refractivity contribution is -0.149. The van der Waals surface area contributed by atoms with Gasteiger partial charge in [0.1, 0.15) is 4.99 Å². The molecule has 1 aromatic carbocycles. The van der Waals surface area contributed by atoms with Gasteiger partial charge in [0.25, 0.3) is 5.91 Å². The van der Waals surface area contributed by atoms with Crippen LogP contribution < -0.4 is 0 Å². The maximum atomic E-state index is 12.6. The van der Waals surface area contributed by atoms with Crippen LogP contribution in [0, 0.1) is 16.7 Å². The lowest BCUT2D eigenvalue weighted by Crippen LogP contribution is -2.33. The number of fused-ring (bicyclic) bond motifs is 1. The van der Waals surface area contributed by atoms with Crippen molar-refractivity contribution in [2.75, 3.05) is 6.73 Å². The van der Waals surface area contributed by atoms with Crippen molar-refractivity contribution in [3.63, 3.8) is 0 Å². The number of amides is 1. The van der Waals surface area contributed by atoms with Gasteiger partial charge in [-0.15, -0.1) is 0 Å². The van der Waals surface area contributed by atoms with E-state index in [1.54, 1.807) is 12.1 Å². The van der Waals surface area contributed by atoms with Crippen molar-refractivity contribution in [3.05, 3.63) is 35.4 Å². The van der Waals surface area contributed by atoms with Crippen LogP contribution in [0.4, 0.5) is 0 Å². The smallest absolute Gasteiger partial charge is 0.311 e. The van der Waals surface area contributed by atoms with Gasteiger partial charge in [-0.2, -0.15) is 0 Å². The van der Waals surface area contributed by atoms with E-state index >= 15 is 0 Å². The zero-order chi connectivity index (χ0) is 17.7. The Hall–Kier alpha value is -1.75. The fourth-order valence-corrected chi connectivity index (χ4v) is 4.91. The van der Waals surface area contributed by atoms with Gasteiger partial charge in [-0.05, 0) is 29.7 Å². The molecule has 0 aromatic heterocycles. The summed E-state index contributed by atoms with van der Waals surface area (Å²) in [6.07, 6.45) is 1.89. The molecular formula is C19H23NO3S. The van der Waals surface area contributed by atoms with Crippen molar-refractivity contribution < 1.29 is 14.3 Å². The summed E-state index contributed by atoms with van der Waals surface area (Å²) in [5.41, 5.74) is 1.24. The van der Waals surface area contributed by atoms with Crippen LogP contribution in [0.5, 0.6) is 0 Å². The van der Waals surface area contributed by atoms with Gasteiger partial charge in [0, 0.05) is 5.56 Å². The second kappa shape index (κ2) is 5.66. The molecule has 1 heterocycles. The molecule has 3 rings (SSSR count). The minimum absolute atomic E-state index is 0.00255. The van der Waals surface area contributed by atoms with E-state index in [2.05, 4.69) is 27.7 Å². The summed E-state index contributed by atoms with van der Waals surface area (Å²) in [7, 11) is 0. The molecule has 0 N–H and O–H groups in total. The van der Waals surface area contributed by atoms with E-state index in [9.17, 15) is 9.59 Å². The number of hydrogen-bond acceptors (Lipinski definition) is 4. The van der Waals surface area contributed by atoms with Gasteiger partial charge in [-0.3, -0.25) is 14.5 Å². The van der Waals surface area contributed by atoms with Crippen molar-refractivity contribution in [2.24, 2.45) is 16.7 Å². The topological polar surface area (TPSA) is 46.6 Å². The number of nitrogens with zero attached hydrogens (tertiary/aromatic N) is 1. The maximum absolute atomic E-state index is 12.6. The van der Waals surface area contributed by atoms with Crippen molar-refractivity contribution >= 4 is 29.1 Å². The summed E-state index contributed by atoms with van der Waals surface area (Å²) >= 11 is 5.36. The molecule has 1 fully saturated rings. The van der Waals surface area contributed by atoms with Crippen LogP contribution in [-0.4, -0.2) is 28.5 Å². The molecular weight excluding hydrogens is 322 g/mol. The number of ether oxygens (including phenoxy) is 1. The normalized spacial score (nSPS) is 23.2. The first-order valence-electron chi connectivity index (χ1n) is 8.43. The summed E-state index contributed by atoms with van der Waals surface area (Å²) in [6.45, 7) is 8.37. The van der Waals surface area contributed by atoms with Crippen molar-refractivity contribution in [2.45, 2.75) is 40.5 Å². The molecule has 2 aliphatic rings. The largest absolute Gasteiger partial charge is 0.443 e. The van der Waals surface area contributed by atoms with E-state index in [0.717, 1.165) is 18.4 Å². The van der Waals surface area contributed by atoms with Crippen LogP contribution >= 0.6 is 12.2 Å². The van der Waals surface area contributed by atoms with E-state index < -0.39 is 0 Å². The van der Waals surface area contributed by atoms with Gasteiger partial charge in [0.05, 0.1) is 11.5 Å². The third-order valence-corrected chi connectivity index (χ3v) is 6.63. The van der Waals surface area contributed by atoms with Crippen LogP contribution in [0.25, 0.3) is 0 Å². The molecule has 1 aliphatic carbocycles. The highest BCUT2D eigenvalue weighted by Crippen LogP contribution is 2.72. The number of carbonyl (C=O) groups excluding carboxylic acids is 2. The van der Waals surface area contributed by atoms with E-state index in [-0.39, 0.29) is 35.4 Å². The van der Waals surface area contributed by atoms with Gasteiger partial charge in [-0.1, -0.05) is 58.1 Å². The van der Waals surface area contributed by atoms with Gasteiger partial charge in [-0.25, -0.2) is 0 Å². The average molecular weight is 345 g/mol. The first-order valence-corrected chi connectivity index (χ1v) is 8.84. The molecule has 1 amide bonds. The zero-order valence-electron chi connectivity index (χ0n) is 14.6. The van der Waals surface area contributed by atoms with Crippen LogP contribution in [-0.2, 0) is 9.53 Å². The Morgan fingerprint density at radius 2 is 1.79 bits per heavy atom. The van der Waals surface area contributed by atoms with Crippen molar-refractivity contribution in [3.8, 4) is 0 Å². The summed E-state index contributed by atoms with van der Waals surface area (Å²) in [6, 6.07) is 7.21. The molecule has 128 valence electrons. The van der Waals surface area contributed by atoms with Crippen molar-refractivity contribution in [1.29, 1.82) is 0 Å². The maximum Gasteiger partial charge on any atom is 0.311 e. The second-order valence-electron chi connectivity index (χ2n) is 7.19. The highest BCUT2D eigenvalue weighted by molar-refractivity contribution is 7.80. The molecule has 1 aromatic rings. The molecule has 0 radical (unpaired) electrons. The molecule has 5 heteroatoms. The standard InChI is InChI=1S/C19H23NO3S/c1-5-19(6-2)14(18(19,3)4)17(22)23-11-20-15(21)12-9-7-8-10-13(12)16(20)24/h7-10,14H,5-6,11H2,1-4H3. The lowest BCUT2D eigenvalue weighted by atomic mass is 9.90. The zero-order valence-corrected chi connectivity index (χ0v) is 15.4. The van der Waals surface area contributed by atoms with E-state index in [4.69, 9.17) is 17.0 Å². The minimum Gasteiger partial charge on any atom is -0.443 e. The van der Waals surface area contributed by atoms with Crippen LogP contribution in [0.1, 0.15) is 56.5 Å². The molecule has 1 aliphatic heterocycles. The third-order valence-electron chi connectivity index (χ3n) is 6.19. The Balaban J connectivity index is 1.69. The third kappa shape index (κ3) is 2.14. The van der Waals surface area contributed by atoms with E-state index in [0.29, 0.717) is 10.6 Å². The van der Waals surface area contributed by atoms with Crippen LogP contribution in [0.3, 0.4) is 0 Å². The number of rotatable bonds is 5. The highest BCUT2D eigenvalue weighted by Gasteiger charge is 2.72. The Morgan fingerprint density at radius 3 is 2.29 bits per heavy atom. The highest BCUT2D eigenvalue weighted by atomic mass is 32.1. The van der Waals surface area contributed by atoms with Gasteiger partial charge >= 0.3 is 5.97 Å². The number of esters is 1. The molecule has 1 atom stereocenters. The van der Waals surface area contributed by atoms with Gasteiger partial charge in [0.2, 0.25) is 0 Å². The predicted octanol–water partition coefficient (Wildman–Crippen LogP) is 3.78. The first-order chi connectivity index (χ1) is 11.3. The minimum atomic E-state index is -0.227. The summed E-state index contributed by atoms with van der Waals surface area (Å²) in [5.74, 6) is -0.542. The lowest BCUT2D eigenvalue weighted by Gasteiger charge is -2.17. The van der Waals surface area contributed by atoms with E-state index in [1.165, 1.54) is 4.90 Å². The second-order valence-corrected chi connectivity index (χ2v) is 7.58. The number of hydrogen-bond donors (Lipinski definition) is 0. The average Bonchev–Trinajstić information content (AvgIpc) is 2.98. The number of benzene rings is 1. The Morgan fingerprint density at radius 1 is 1.21 bits per heavy atom. The predicted molar refractivity (Wildman–Crippen MR) is 95.6 cm³/mol. The Labute approximate surface area is 148 Å². The Kier molecular flexibility index (Phi) is 4.03. The fraction of sp³-hybridized carbons (Fsp3) is 0.526. The SMILES string of the molecule is CCC1(CC)C(C(=O)OCN2C(=O)c3ccccc3C2=S)C1(C)C. The summed E-state index contributed by atoms with van der Waals surface area (Å²) in [4.78, 5) is 26.8. The van der Waals surface area contributed by atoms with Gasteiger partial charge < -0.3 is 4.74 Å². The van der Waals surface area contributed by atoms with Crippen LogP contribution in [0.2, 0.25) is 0 Å². The molecule has 0 bridgehead atoms. The van der Waals surface area contributed by atoms with Crippen LogP contribution in [0.15, 0.2) is 24.3 Å².